The SMILES string of the molecule is NC(=NO)c1ccc(Cl)cc1NC(=O)CCC1CCCO1. The van der Waals surface area contributed by atoms with Gasteiger partial charge in [-0.2, -0.15) is 0 Å². The van der Waals surface area contributed by atoms with Crippen LogP contribution in [-0.2, 0) is 9.53 Å². The third-order valence-corrected chi connectivity index (χ3v) is 3.59. The van der Waals surface area contributed by atoms with Gasteiger partial charge in [0.05, 0.1) is 11.8 Å². The summed E-state index contributed by atoms with van der Waals surface area (Å²) >= 11 is 5.91. The molecule has 6 nitrogen and oxygen atoms in total. The van der Waals surface area contributed by atoms with Crippen molar-refractivity contribution < 1.29 is 14.7 Å². The van der Waals surface area contributed by atoms with Crippen LogP contribution in [0.3, 0.4) is 0 Å². The van der Waals surface area contributed by atoms with Crippen LogP contribution in [0.5, 0.6) is 0 Å². The quantitative estimate of drug-likeness (QED) is 0.336. The Morgan fingerprint density at radius 3 is 3.05 bits per heavy atom. The maximum atomic E-state index is 12.0. The maximum absolute atomic E-state index is 12.0. The fraction of sp³-hybridized carbons (Fsp3) is 0.429. The largest absolute Gasteiger partial charge is 0.409 e. The molecular formula is C14H18ClN3O3. The first-order valence-corrected chi connectivity index (χ1v) is 7.17. The lowest BCUT2D eigenvalue weighted by Gasteiger charge is -2.12. The molecule has 0 aromatic heterocycles. The van der Waals surface area contributed by atoms with Gasteiger partial charge < -0.3 is 21.0 Å². The summed E-state index contributed by atoms with van der Waals surface area (Å²) in [5.74, 6) is -0.235. The number of hydrogen-bond donors (Lipinski definition) is 3. The van der Waals surface area contributed by atoms with E-state index in [1.165, 1.54) is 0 Å². The lowest BCUT2D eigenvalue weighted by molar-refractivity contribution is -0.116. The number of rotatable bonds is 5. The fourth-order valence-corrected chi connectivity index (χ4v) is 2.45. The minimum absolute atomic E-state index is 0.0823. The summed E-state index contributed by atoms with van der Waals surface area (Å²) in [5.41, 5.74) is 6.43. The van der Waals surface area contributed by atoms with Crippen molar-refractivity contribution in [2.75, 3.05) is 11.9 Å². The molecule has 0 radical (unpaired) electrons. The third-order valence-electron chi connectivity index (χ3n) is 3.36. The van der Waals surface area contributed by atoms with Gasteiger partial charge >= 0.3 is 0 Å². The molecule has 114 valence electrons. The molecular weight excluding hydrogens is 294 g/mol. The summed E-state index contributed by atoms with van der Waals surface area (Å²) < 4.78 is 5.48. The molecule has 1 aromatic rings. The Balaban J connectivity index is 2.00. The Labute approximate surface area is 127 Å². The number of nitrogens with two attached hydrogens (primary N) is 1. The summed E-state index contributed by atoms with van der Waals surface area (Å²) in [5, 5.41) is 14.9. The summed E-state index contributed by atoms with van der Waals surface area (Å²) in [6.07, 6.45) is 3.25. The van der Waals surface area contributed by atoms with Crippen LogP contribution in [-0.4, -0.2) is 29.7 Å². The molecule has 4 N–H and O–H groups in total. The molecule has 0 saturated carbocycles. The number of carbonyl (C=O) groups is 1. The predicted octanol–water partition coefficient (Wildman–Crippen LogP) is 2.33. The monoisotopic (exact) mass is 311 g/mol. The van der Waals surface area contributed by atoms with E-state index in [1.807, 2.05) is 0 Å². The average molecular weight is 312 g/mol. The number of halogens is 1. The highest BCUT2D eigenvalue weighted by molar-refractivity contribution is 6.31. The smallest absolute Gasteiger partial charge is 0.224 e. The van der Waals surface area contributed by atoms with E-state index in [1.54, 1.807) is 18.2 Å². The van der Waals surface area contributed by atoms with E-state index >= 15 is 0 Å². The molecule has 1 aromatic carbocycles. The molecule has 1 fully saturated rings. The summed E-state index contributed by atoms with van der Waals surface area (Å²) in [7, 11) is 0. The van der Waals surface area contributed by atoms with Gasteiger partial charge in [-0.05, 0) is 37.5 Å². The van der Waals surface area contributed by atoms with Gasteiger partial charge in [0.25, 0.3) is 0 Å². The minimum Gasteiger partial charge on any atom is -0.409 e. The van der Waals surface area contributed by atoms with Crippen molar-refractivity contribution in [1.29, 1.82) is 0 Å². The van der Waals surface area contributed by atoms with E-state index in [9.17, 15) is 4.79 Å². The van der Waals surface area contributed by atoms with Crippen LogP contribution in [0.4, 0.5) is 5.69 Å². The van der Waals surface area contributed by atoms with Crippen molar-refractivity contribution >= 4 is 29.0 Å². The molecule has 1 saturated heterocycles. The number of nitrogens with one attached hydrogen (secondary N) is 1. The first-order valence-electron chi connectivity index (χ1n) is 6.79. The van der Waals surface area contributed by atoms with Crippen molar-refractivity contribution in [3.8, 4) is 0 Å². The number of ether oxygens (including phenoxy) is 1. The van der Waals surface area contributed by atoms with Crippen molar-refractivity contribution in [2.45, 2.75) is 31.8 Å². The number of anilines is 1. The Morgan fingerprint density at radius 1 is 1.57 bits per heavy atom. The van der Waals surface area contributed by atoms with E-state index in [2.05, 4.69) is 10.5 Å². The molecule has 0 aliphatic carbocycles. The second-order valence-corrected chi connectivity index (χ2v) is 5.33. The van der Waals surface area contributed by atoms with Crippen LogP contribution >= 0.6 is 11.6 Å². The van der Waals surface area contributed by atoms with Crippen LogP contribution in [0.25, 0.3) is 0 Å². The maximum Gasteiger partial charge on any atom is 0.224 e. The third kappa shape index (κ3) is 4.34. The van der Waals surface area contributed by atoms with Gasteiger partial charge in [0.2, 0.25) is 5.91 Å². The zero-order valence-electron chi connectivity index (χ0n) is 11.5. The predicted molar refractivity (Wildman–Crippen MR) is 80.8 cm³/mol. The van der Waals surface area contributed by atoms with Crippen LogP contribution in [0.2, 0.25) is 5.02 Å². The molecule has 1 atom stereocenters. The van der Waals surface area contributed by atoms with Crippen LogP contribution < -0.4 is 11.1 Å². The van der Waals surface area contributed by atoms with Crippen LogP contribution in [0.1, 0.15) is 31.2 Å². The zero-order chi connectivity index (χ0) is 15.2. The molecule has 1 aliphatic rings. The minimum atomic E-state index is -0.153. The molecule has 1 amide bonds. The number of amidine groups is 1. The molecule has 7 heteroatoms. The molecule has 21 heavy (non-hydrogen) atoms. The van der Waals surface area contributed by atoms with E-state index in [0.29, 0.717) is 29.1 Å². The van der Waals surface area contributed by atoms with Crippen LogP contribution in [0.15, 0.2) is 23.4 Å². The molecule has 1 aliphatic heterocycles. The number of nitrogens with zero attached hydrogens (tertiary/aromatic N) is 1. The van der Waals surface area contributed by atoms with E-state index in [0.717, 1.165) is 19.4 Å². The molecule has 1 heterocycles. The Hall–Kier alpha value is -1.79. The molecule has 1 unspecified atom stereocenters. The van der Waals surface area contributed by atoms with Crippen LogP contribution in [0, 0.1) is 0 Å². The molecule has 0 bridgehead atoms. The normalized spacial score (nSPS) is 18.7. The summed E-state index contributed by atoms with van der Waals surface area (Å²) in [6.45, 7) is 0.772. The van der Waals surface area contributed by atoms with Crippen molar-refractivity contribution in [3.05, 3.63) is 28.8 Å². The second kappa shape index (κ2) is 7.28. The van der Waals surface area contributed by atoms with Crippen molar-refractivity contribution in [2.24, 2.45) is 10.9 Å². The first-order chi connectivity index (χ1) is 10.1. The number of hydrogen-bond acceptors (Lipinski definition) is 4. The van der Waals surface area contributed by atoms with Gasteiger partial charge in [-0.3, -0.25) is 4.79 Å². The van der Waals surface area contributed by atoms with Crippen molar-refractivity contribution in [3.63, 3.8) is 0 Å². The Morgan fingerprint density at radius 2 is 2.38 bits per heavy atom. The zero-order valence-corrected chi connectivity index (χ0v) is 12.3. The van der Waals surface area contributed by atoms with Gasteiger partial charge in [0.1, 0.15) is 0 Å². The van der Waals surface area contributed by atoms with Gasteiger partial charge in [-0.1, -0.05) is 16.8 Å². The second-order valence-electron chi connectivity index (χ2n) is 4.90. The molecule has 2 rings (SSSR count). The Kier molecular flexibility index (Phi) is 5.41. The Bertz CT molecular complexity index is 542. The lowest BCUT2D eigenvalue weighted by Crippen LogP contribution is -2.20. The van der Waals surface area contributed by atoms with Gasteiger partial charge in [-0.25, -0.2) is 0 Å². The average Bonchev–Trinajstić information content (AvgIpc) is 2.98. The highest BCUT2D eigenvalue weighted by Crippen LogP contribution is 2.22. The number of oxime groups is 1. The first kappa shape index (κ1) is 15.6. The van der Waals surface area contributed by atoms with Gasteiger partial charge in [0, 0.05) is 23.6 Å². The highest BCUT2D eigenvalue weighted by Gasteiger charge is 2.17. The van der Waals surface area contributed by atoms with Gasteiger partial charge in [0.15, 0.2) is 5.84 Å². The molecule has 0 spiro atoms. The summed E-state index contributed by atoms with van der Waals surface area (Å²) in [4.78, 5) is 12.0. The standard InChI is InChI=1S/C14H18ClN3O3/c15-9-3-5-11(14(16)18-20)12(8-9)17-13(19)6-4-10-2-1-7-21-10/h3,5,8,10,20H,1-2,4,6-7H2,(H2,16,18)(H,17,19). The lowest BCUT2D eigenvalue weighted by atomic mass is 10.1. The number of amides is 1. The summed E-state index contributed by atoms with van der Waals surface area (Å²) in [6, 6.07) is 4.77. The number of benzene rings is 1. The van der Waals surface area contributed by atoms with E-state index in [4.69, 9.17) is 27.3 Å². The highest BCUT2D eigenvalue weighted by atomic mass is 35.5. The van der Waals surface area contributed by atoms with Gasteiger partial charge in [-0.15, -0.1) is 0 Å². The van der Waals surface area contributed by atoms with E-state index < -0.39 is 0 Å². The van der Waals surface area contributed by atoms with E-state index in [-0.39, 0.29) is 17.8 Å². The number of carbonyl (C=O) groups excluding carboxylic acids is 1. The van der Waals surface area contributed by atoms with Crippen molar-refractivity contribution in [1.82, 2.24) is 0 Å². The topological polar surface area (TPSA) is 96.9 Å². The fourth-order valence-electron chi connectivity index (χ4n) is 2.27.